The molecule has 0 unspecified atom stereocenters. The number of alkyl halides is 3. The summed E-state index contributed by atoms with van der Waals surface area (Å²) in [5.41, 5.74) is -1.54. The average molecular weight is 393 g/mol. The Kier molecular flexibility index (Phi) is 5.83. The predicted molar refractivity (Wildman–Crippen MR) is 88.2 cm³/mol. The maximum absolute atomic E-state index is 13.3. The number of amides is 1. The molecule has 1 saturated heterocycles. The Hall–Kier alpha value is -1.94. The molecule has 0 bridgehead atoms. The molecule has 1 fully saturated rings. The summed E-state index contributed by atoms with van der Waals surface area (Å²) in [6.07, 6.45) is -3.77. The van der Waals surface area contributed by atoms with Crippen LogP contribution in [-0.4, -0.2) is 32.7 Å². The SMILES string of the molecule is O=C(O)CCCN1C(=O)C(=Cc2cc(F)ccc2C(F)(F)F)SC1=S. The molecule has 2 rings (SSSR count). The van der Waals surface area contributed by atoms with Gasteiger partial charge in [-0.3, -0.25) is 14.5 Å². The lowest BCUT2D eigenvalue weighted by molar-refractivity contribution is -0.138. The molecule has 1 aliphatic heterocycles. The molecule has 4 nitrogen and oxygen atoms in total. The number of carbonyl (C=O) groups is 2. The molecule has 1 heterocycles. The molecule has 1 amide bonds. The van der Waals surface area contributed by atoms with Crippen molar-refractivity contribution in [3.8, 4) is 0 Å². The van der Waals surface area contributed by atoms with Crippen molar-refractivity contribution in [2.24, 2.45) is 0 Å². The van der Waals surface area contributed by atoms with E-state index in [1.807, 2.05) is 0 Å². The molecular formula is C15H11F4NO3S2. The van der Waals surface area contributed by atoms with E-state index in [0.29, 0.717) is 18.2 Å². The second-order valence-corrected chi connectivity index (χ2v) is 6.74. The zero-order valence-corrected chi connectivity index (χ0v) is 14.1. The van der Waals surface area contributed by atoms with Crippen LogP contribution in [0, 0.1) is 5.82 Å². The van der Waals surface area contributed by atoms with E-state index in [4.69, 9.17) is 17.3 Å². The largest absolute Gasteiger partial charge is 0.481 e. The monoisotopic (exact) mass is 393 g/mol. The summed E-state index contributed by atoms with van der Waals surface area (Å²) in [5.74, 6) is -2.52. The van der Waals surface area contributed by atoms with Crippen LogP contribution in [0.15, 0.2) is 23.1 Å². The number of hydrogen-bond donors (Lipinski definition) is 1. The number of thioether (sulfide) groups is 1. The van der Waals surface area contributed by atoms with Crippen LogP contribution in [0.2, 0.25) is 0 Å². The van der Waals surface area contributed by atoms with Gasteiger partial charge in [-0.1, -0.05) is 24.0 Å². The van der Waals surface area contributed by atoms with Crippen LogP contribution < -0.4 is 0 Å². The summed E-state index contributed by atoms with van der Waals surface area (Å²) in [7, 11) is 0. The number of carbonyl (C=O) groups excluding carboxylic acids is 1. The van der Waals surface area contributed by atoms with E-state index in [1.165, 1.54) is 0 Å². The molecule has 0 atom stereocenters. The summed E-state index contributed by atoms with van der Waals surface area (Å²) >= 11 is 5.80. The van der Waals surface area contributed by atoms with E-state index in [0.717, 1.165) is 22.7 Å². The van der Waals surface area contributed by atoms with E-state index < -0.39 is 35.0 Å². The zero-order chi connectivity index (χ0) is 18.8. The molecule has 1 aromatic rings. The van der Waals surface area contributed by atoms with Crippen molar-refractivity contribution in [3.63, 3.8) is 0 Å². The van der Waals surface area contributed by atoms with Gasteiger partial charge in [0.25, 0.3) is 5.91 Å². The molecule has 0 aliphatic carbocycles. The number of hydrogen-bond acceptors (Lipinski definition) is 4. The Morgan fingerprint density at radius 3 is 2.64 bits per heavy atom. The highest BCUT2D eigenvalue weighted by Crippen LogP contribution is 2.37. The fourth-order valence-corrected chi connectivity index (χ4v) is 3.43. The summed E-state index contributed by atoms with van der Waals surface area (Å²) in [6.45, 7) is 0.0452. The first-order valence-corrected chi connectivity index (χ1v) is 8.16. The summed E-state index contributed by atoms with van der Waals surface area (Å²) in [6, 6.07) is 1.99. The first-order chi connectivity index (χ1) is 11.6. The Morgan fingerprint density at radius 1 is 1.36 bits per heavy atom. The first-order valence-electron chi connectivity index (χ1n) is 6.93. The summed E-state index contributed by atoms with van der Waals surface area (Å²) < 4.78 is 52.5. The molecule has 0 radical (unpaired) electrons. The first kappa shape index (κ1) is 19.4. The Labute approximate surface area is 149 Å². The lowest BCUT2D eigenvalue weighted by atomic mass is 10.1. The van der Waals surface area contributed by atoms with Gasteiger partial charge in [-0.25, -0.2) is 4.39 Å². The number of thiocarbonyl (C=S) groups is 1. The van der Waals surface area contributed by atoms with Gasteiger partial charge in [0, 0.05) is 13.0 Å². The highest BCUT2D eigenvalue weighted by atomic mass is 32.2. The van der Waals surface area contributed by atoms with Crippen molar-refractivity contribution < 1.29 is 32.3 Å². The summed E-state index contributed by atoms with van der Waals surface area (Å²) in [5, 5.41) is 8.60. The van der Waals surface area contributed by atoms with Crippen molar-refractivity contribution in [1.29, 1.82) is 0 Å². The summed E-state index contributed by atoms with van der Waals surface area (Å²) in [4.78, 5) is 23.8. The van der Waals surface area contributed by atoms with E-state index in [1.54, 1.807) is 0 Å². The van der Waals surface area contributed by atoms with Crippen molar-refractivity contribution >= 4 is 46.3 Å². The number of rotatable bonds is 5. The maximum Gasteiger partial charge on any atom is 0.416 e. The Morgan fingerprint density at radius 2 is 2.04 bits per heavy atom. The minimum absolute atomic E-state index is 0.0452. The van der Waals surface area contributed by atoms with Crippen LogP contribution >= 0.6 is 24.0 Å². The highest BCUT2D eigenvalue weighted by molar-refractivity contribution is 8.26. The lowest BCUT2D eigenvalue weighted by Crippen LogP contribution is -2.29. The van der Waals surface area contributed by atoms with Crippen molar-refractivity contribution in [1.82, 2.24) is 4.90 Å². The normalized spacial score (nSPS) is 16.8. The molecule has 0 aromatic heterocycles. The lowest BCUT2D eigenvalue weighted by Gasteiger charge is -2.13. The molecule has 10 heteroatoms. The van der Waals surface area contributed by atoms with Crippen molar-refractivity contribution in [2.75, 3.05) is 6.54 Å². The van der Waals surface area contributed by atoms with Gasteiger partial charge in [0.1, 0.15) is 10.1 Å². The van der Waals surface area contributed by atoms with E-state index in [2.05, 4.69) is 0 Å². The Bertz CT molecular complexity index is 762. The van der Waals surface area contributed by atoms with Crippen LogP contribution in [0.1, 0.15) is 24.0 Å². The molecule has 0 saturated carbocycles. The van der Waals surface area contributed by atoms with Gasteiger partial charge in [-0.05, 0) is 36.3 Å². The van der Waals surface area contributed by atoms with Gasteiger partial charge in [0.2, 0.25) is 0 Å². The standard InChI is InChI=1S/C15H11F4NO3S2/c16-9-3-4-10(15(17,18)19)8(6-9)7-11-13(23)20(14(24)25-11)5-1-2-12(21)22/h3-4,6-7H,1-2,5H2,(H,21,22). The van der Waals surface area contributed by atoms with Crippen LogP contribution in [-0.2, 0) is 15.8 Å². The zero-order valence-electron chi connectivity index (χ0n) is 12.5. The second kappa shape index (κ2) is 7.52. The number of benzene rings is 1. The van der Waals surface area contributed by atoms with E-state index in [9.17, 15) is 27.2 Å². The van der Waals surface area contributed by atoms with E-state index >= 15 is 0 Å². The fourth-order valence-electron chi connectivity index (χ4n) is 2.13. The third kappa shape index (κ3) is 4.79. The minimum atomic E-state index is -4.70. The molecule has 1 N–H and O–H groups in total. The van der Waals surface area contributed by atoms with Gasteiger partial charge in [0.15, 0.2) is 0 Å². The minimum Gasteiger partial charge on any atom is -0.481 e. The van der Waals surface area contributed by atoms with Crippen molar-refractivity contribution in [2.45, 2.75) is 19.0 Å². The predicted octanol–water partition coefficient (Wildman–Crippen LogP) is 3.91. The smallest absolute Gasteiger partial charge is 0.416 e. The topological polar surface area (TPSA) is 57.6 Å². The molecule has 25 heavy (non-hydrogen) atoms. The molecular weight excluding hydrogens is 382 g/mol. The van der Waals surface area contributed by atoms with Gasteiger partial charge in [-0.15, -0.1) is 0 Å². The molecule has 0 spiro atoms. The van der Waals surface area contributed by atoms with Crippen LogP contribution in [0.4, 0.5) is 17.6 Å². The third-order valence-corrected chi connectivity index (χ3v) is 4.63. The van der Waals surface area contributed by atoms with Gasteiger partial charge >= 0.3 is 12.1 Å². The number of carboxylic acid groups (broad SMARTS) is 1. The van der Waals surface area contributed by atoms with Gasteiger partial charge in [0.05, 0.1) is 10.5 Å². The second-order valence-electron chi connectivity index (χ2n) is 5.06. The maximum atomic E-state index is 13.3. The van der Waals surface area contributed by atoms with Crippen LogP contribution in [0.5, 0.6) is 0 Å². The number of carboxylic acids is 1. The Balaban J connectivity index is 2.28. The van der Waals surface area contributed by atoms with E-state index in [-0.39, 0.29) is 28.6 Å². The van der Waals surface area contributed by atoms with Gasteiger partial charge in [-0.2, -0.15) is 13.2 Å². The number of aliphatic carboxylic acids is 1. The molecule has 1 aliphatic rings. The van der Waals surface area contributed by atoms with Gasteiger partial charge < -0.3 is 5.11 Å². The molecule has 1 aromatic carbocycles. The number of halogens is 4. The quantitative estimate of drug-likeness (QED) is 0.467. The van der Waals surface area contributed by atoms with Crippen LogP contribution in [0.25, 0.3) is 6.08 Å². The van der Waals surface area contributed by atoms with Crippen molar-refractivity contribution in [3.05, 3.63) is 40.0 Å². The third-order valence-electron chi connectivity index (χ3n) is 3.25. The van der Waals surface area contributed by atoms with Crippen LogP contribution in [0.3, 0.4) is 0 Å². The average Bonchev–Trinajstić information content (AvgIpc) is 2.73. The highest BCUT2D eigenvalue weighted by Gasteiger charge is 2.35. The molecule has 134 valence electrons. The fraction of sp³-hybridized carbons (Fsp3) is 0.267. The number of nitrogens with zero attached hydrogens (tertiary/aromatic N) is 1.